The zero-order valence-electron chi connectivity index (χ0n) is 26.0. The lowest BCUT2D eigenvalue weighted by molar-refractivity contribution is -0.130. The Hall–Kier alpha value is -4.21. The fourth-order valence-electron chi connectivity index (χ4n) is 6.55. The van der Waals surface area contributed by atoms with Crippen molar-refractivity contribution in [3.8, 4) is 11.1 Å². The molecule has 0 unspecified atom stereocenters. The molecule has 3 aromatic carbocycles. The lowest BCUT2D eigenvalue weighted by Gasteiger charge is -2.21. The first-order valence-corrected chi connectivity index (χ1v) is 16.0. The molecule has 9 heteroatoms. The summed E-state index contributed by atoms with van der Waals surface area (Å²) in [5, 5.41) is 15.1. The predicted molar refractivity (Wildman–Crippen MR) is 176 cm³/mol. The van der Waals surface area contributed by atoms with Gasteiger partial charge in [0.25, 0.3) is 0 Å². The highest BCUT2D eigenvalue weighted by molar-refractivity contribution is 5.92. The average molecular weight is 613 g/mol. The number of benzene rings is 3. The third kappa shape index (κ3) is 9.15. The van der Waals surface area contributed by atoms with E-state index in [2.05, 4.69) is 15.5 Å². The topological polar surface area (TPSA) is 111 Å². The molecule has 0 aromatic heterocycles. The molecule has 1 heterocycles. The van der Waals surface area contributed by atoms with Gasteiger partial charge in [-0.25, -0.2) is 4.79 Å². The molecule has 1 aliphatic carbocycles. The number of hydrogen-bond acceptors (Lipinski definition) is 6. The molecule has 2 aliphatic rings. The number of fused-ring (bicyclic) bond motifs is 1. The Bertz CT molecular complexity index is 1430. The van der Waals surface area contributed by atoms with Crippen LogP contribution in [0.3, 0.4) is 0 Å². The SMILES string of the molecule is CN(CCCCC(=O)Nc1cccc(CO)c1)C(=O)CCN1C[C@H]2C[C@@H](OC(=O)Nc3ccccc3-c3ccccc3)C[C@H]2C1. The number of nitrogens with zero attached hydrogens (tertiary/aromatic N) is 2. The van der Waals surface area contributed by atoms with Crippen molar-refractivity contribution < 1.29 is 24.2 Å². The molecule has 0 spiro atoms. The summed E-state index contributed by atoms with van der Waals surface area (Å²) in [6.07, 6.45) is 3.50. The van der Waals surface area contributed by atoms with Crippen LogP contribution in [0.4, 0.5) is 16.2 Å². The van der Waals surface area contributed by atoms with E-state index in [1.165, 1.54) is 0 Å². The first-order valence-electron chi connectivity index (χ1n) is 16.0. The van der Waals surface area contributed by atoms with Crippen LogP contribution in [0.5, 0.6) is 0 Å². The number of carbonyl (C=O) groups excluding carboxylic acids is 3. The second-order valence-corrected chi connectivity index (χ2v) is 12.2. The van der Waals surface area contributed by atoms with Gasteiger partial charge in [0.1, 0.15) is 6.10 Å². The van der Waals surface area contributed by atoms with Crippen molar-refractivity contribution >= 4 is 29.3 Å². The predicted octanol–water partition coefficient (Wildman–Crippen LogP) is 5.76. The van der Waals surface area contributed by atoms with Gasteiger partial charge in [-0.2, -0.15) is 0 Å². The summed E-state index contributed by atoms with van der Waals surface area (Å²) in [6, 6.07) is 24.9. The van der Waals surface area contributed by atoms with E-state index >= 15 is 0 Å². The molecule has 1 saturated heterocycles. The highest BCUT2D eigenvalue weighted by Gasteiger charge is 2.42. The largest absolute Gasteiger partial charge is 0.446 e. The first kappa shape index (κ1) is 32.2. The van der Waals surface area contributed by atoms with E-state index in [1.54, 1.807) is 29.2 Å². The van der Waals surface area contributed by atoms with Gasteiger partial charge < -0.3 is 25.0 Å². The van der Waals surface area contributed by atoms with Gasteiger partial charge in [0.05, 0.1) is 12.3 Å². The minimum atomic E-state index is -0.415. The fraction of sp³-hybridized carbons (Fsp3) is 0.417. The van der Waals surface area contributed by atoms with Crippen molar-refractivity contribution in [1.82, 2.24) is 9.80 Å². The smallest absolute Gasteiger partial charge is 0.411 e. The number of unbranched alkanes of at least 4 members (excludes halogenated alkanes) is 1. The molecule has 1 saturated carbocycles. The van der Waals surface area contributed by atoms with Crippen LogP contribution in [0.25, 0.3) is 11.1 Å². The van der Waals surface area contributed by atoms with Crippen molar-refractivity contribution in [3.05, 3.63) is 84.4 Å². The van der Waals surface area contributed by atoms with Gasteiger partial charge in [-0.1, -0.05) is 60.7 Å². The number of carbonyl (C=O) groups is 3. The molecule has 9 nitrogen and oxygen atoms in total. The Kier molecular flexibility index (Phi) is 11.2. The number of para-hydroxylation sites is 1. The third-order valence-electron chi connectivity index (χ3n) is 8.91. The Morgan fingerprint density at radius 1 is 0.889 bits per heavy atom. The van der Waals surface area contributed by atoms with Crippen molar-refractivity contribution in [3.63, 3.8) is 0 Å². The molecule has 5 rings (SSSR count). The average Bonchev–Trinajstić information content (AvgIpc) is 3.60. The molecule has 3 amide bonds. The number of likely N-dealkylation sites (tertiary alicyclic amines) is 1. The second kappa shape index (κ2) is 15.7. The van der Waals surface area contributed by atoms with Gasteiger partial charge in [0.2, 0.25) is 11.8 Å². The molecule has 238 valence electrons. The van der Waals surface area contributed by atoms with Crippen molar-refractivity contribution in [2.24, 2.45) is 11.8 Å². The van der Waals surface area contributed by atoms with Crippen LogP contribution in [-0.4, -0.2) is 72.1 Å². The van der Waals surface area contributed by atoms with E-state index in [-0.39, 0.29) is 24.5 Å². The highest BCUT2D eigenvalue weighted by Crippen LogP contribution is 2.39. The van der Waals surface area contributed by atoms with Crippen molar-refractivity contribution in [2.75, 3.05) is 43.9 Å². The van der Waals surface area contributed by atoms with Gasteiger partial charge in [-0.15, -0.1) is 0 Å². The Balaban J connectivity index is 0.959. The number of rotatable bonds is 13. The molecule has 45 heavy (non-hydrogen) atoms. The minimum absolute atomic E-state index is 0.0646. The van der Waals surface area contributed by atoms with E-state index in [0.717, 1.165) is 61.3 Å². The summed E-state index contributed by atoms with van der Waals surface area (Å²) < 4.78 is 5.84. The summed E-state index contributed by atoms with van der Waals surface area (Å²) in [7, 11) is 1.83. The molecule has 0 bridgehead atoms. The zero-order chi connectivity index (χ0) is 31.6. The lowest BCUT2D eigenvalue weighted by Crippen LogP contribution is -2.33. The number of hydrogen-bond donors (Lipinski definition) is 3. The maximum absolute atomic E-state index is 12.8. The number of nitrogens with one attached hydrogen (secondary N) is 2. The number of aliphatic hydroxyl groups excluding tert-OH is 1. The van der Waals surface area contributed by atoms with Gasteiger partial charge >= 0.3 is 6.09 Å². The maximum atomic E-state index is 12.8. The first-order chi connectivity index (χ1) is 21.9. The third-order valence-corrected chi connectivity index (χ3v) is 8.91. The zero-order valence-corrected chi connectivity index (χ0v) is 26.0. The summed E-state index contributed by atoms with van der Waals surface area (Å²) in [6.45, 7) is 3.14. The van der Waals surface area contributed by atoms with Crippen LogP contribution in [0.2, 0.25) is 0 Å². The molecule has 3 aromatic rings. The standard InChI is InChI=1S/C36H44N4O5/c1-39(18-8-7-16-34(42)37-30-13-9-10-26(20-30)25-41)35(43)17-19-40-23-28-21-31(22-29(28)24-40)45-36(44)38-33-15-6-5-14-32(33)27-11-3-2-4-12-27/h2-6,9-15,20,28-29,31,41H,7-8,16-19,21-25H2,1H3,(H,37,42)(H,38,44)/t28-,29+,31-. The number of aliphatic hydroxyl groups is 1. The number of anilines is 2. The number of ether oxygens (including phenoxy) is 1. The molecule has 3 N–H and O–H groups in total. The van der Waals surface area contributed by atoms with Crippen LogP contribution >= 0.6 is 0 Å². The highest BCUT2D eigenvalue weighted by atomic mass is 16.6. The van der Waals surface area contributed by atoms with Gasteiger partial charge in [0, 0.05) is 57.3 Å². The summed E-state index contributed by atoms with van der Waals surface area (Å²) in [5.74, 6) is 1.00. The Labute approximate surface area is 265 Å². The summed E-state index contributed by atoms with van der Waals surface area (Å²) in [4.78, 5) is 41.9. The van der Waals surface area contributed by atoms with Crippen molar-refractivity contribution in [2.45, 2.75) is 51.2 Å². The van der Waals surface area contributed by atoms with Crippen LogP contribution in [0, 0.1) is 11.8 Å². The molecule has 1 aliphatic heterocycles. The fourth-order valence-corrected chi connectivity index (χ4v) is 6.55. The maximum Gasteiger partial charge on any atom is 0.411 e. The van der Waals surface area contributed by atoms with Gasteiger partial charge in [0.15, 0.2) is 0 Å². The van der Waals surface area contributed by atoms with Crippen LogP contribution < -0.4 is 10.6 Å². The molecule has 0 radical (unpaired) electrons. The molecule has 3 atom stereocenters. The normalized spacial score (nSPS) is 19.1. The van der Waals surface area contributed by atoms with E-state index in [0.29, 0.717) is 43.3 Å². The van der Waals surface area contributed by atoms with Crippen LogP contribution in [0.15, 0.2) is 78.9 Å². The molecule has 2 fully saturated rings. The lowest BCUT2D eigenvalue weighted by atomic mass is 10.0. The van der Waals surface area contributed by atoms with Crippen molar-refractivity contribution in [1.29, 1.82) is 0 Å². The second-order valence-electron chi connectivity index (χ2n) is 12.2. The van der Waals surface area contributed by atoms with E-state index in [1.807, 2.05) is 61.6 Å². The monoisotopic (exact) mass is 612 g/mol. The van der Waals surface area contributed by atoms with E-state index < -0.39 is 6.09 Å². The molecular weight excluding hydrogens is 568 g/mol. The van der Waals surface area contributed by atoms with Crippen LogP contribution in [-0.2, 0) is 20.9 Å². The number of amides is 3. The quantitative estimate of drug-likeness (QED) is 0.212. The summed E-state index contributed by atoms with van der Waals surface area (Å²) in [5.41, 5.74) is 4.17. The molecular formula is C36H44N4O5. The van der Waals surface area contributed by atoms with Gasteiger partial charge in [-0.3, -0.25) is 14.9 Å². The van der Waals surface area contributed by atoms with Crippen LogP contribution in [0.1, 0.15) is 44.1 Å². The Morgan fingerprint density at radius 3 is 2.38 bits per heavy atom. The Morgan fingerprint density at radius 2 is 1.62 bits per heavy atom. The minimum Gasteiger partial charge on any atom is -0.446 e. The van der Waals surface area contributed by atoms with E-state index in [9.17, 15) is 19.5 Å². The summed E-state index contributed by atoms with van der Waals surface area (Å²) >= 11 is 0. The van der Waals surface area contributed by atoms with E-state index in [4.69, 9.17) is 4.74 Å². The van der Waals surface area contributed by atoms with Gasteiger partial charge in [-0.05, 0) is 66.8 Å².